The molecule has 4 rings (SSSR count). The van der Waals surface area contributed by atoms with E-state index in [1.54, 1.807) is 0 Å². The standard InChI is InChI=1S/C31H48O6/c1-17(2)9-8-10-20(28(35)36)26-22-15-24(34)27-29(5)13-12-23(33)18(3)21(29)11-14-30(27,6)31(22,7)16-25(26)37-19(4)32/h9,18,21-25,27,33-34H,8,10-16H2,1-7H3,(H,35,36)/b26-20-/t18-,21-,22-,23-,24+,25-,27-,29-,30-,31-/m0/s1. The third kappa shape index (κ3) is 4.40. The predicted octanol–water partition coefficient (Wildman–Crippen LogP) is 5.67. The summed E-state index contributed by atoms with van der Waals surface area (Å²) in [4.78, 5) is 24.8. The summed E-state index contributed by atoms with van der Waals surface area (Å²) in [6, 6.07) is 0. The van der Waals surface area contributed by atoms with Crippen LogP contribution in [0.4, 0.5) is 0 Å². The molecule has 4 aliphatic carbocycles. The molecule has 4 aliphatic rings. The lowest BCUT2D eigenvalue weighted by molar-refractivity contribution is -0.234. The topological polar surface area (TPSA) is 104 Å². The molecule has 10 atom stereocenters. The highest BCUT2D eigenvalue weighted by atomic mass is 16.5. The molecule has 37 heavy (non-hydrogen) atoms. The van der Waals surface area contributed by atoms with Crippen molar-refractivity contribution in [1.82, 2.24) is 0 Å². The summed E-state index contributed by atoms with van der Waals surface area (Å²) >= 11 is 0. The van der Waals surface area contributed by atoms with Gasteiger partial charge in [0.05, 0.1) is 12.2 Å². The Morgan fingerprint density at radius 2 is 1.70 bits per heavy atom. The maximum absolute atomic E-state index is 12.6. The molecule has 0 bridgehead atoms. The van der Waals surface area contributed by atoms with Crippen LogP contribution in [0.25, 0.3) is 0 Å². The Bertz CT molecular complexity index is 994. The minimum Gasteiger partial charge on any atom is -0.478 e. The van der Waals surface area contributed by atoms with Crippen LogP contribution < -0.4 is 0 Å². The summed E-state index contributed by atoms with van der Waals surface area (Å²) in [5.41, 5.74) is 1.57. The van der Waals surface area contributed by atoms with Gasteiger partial charge >= 0.3 is 11.9 Å². The van der Waals surface area contributed by atoms with Gasteiger partial charge in [-0.15, -0.1) is 0 Å². The van der Waals surface area contributed by atoms with Gasteiger partial charge in [0.15, 0.2) is 0 Å². The highest BCUT2D eigenvalue weighted by Crippen LogP contribution is 2.74. The minimum atomic E-state index is -0.953. The van der Waals surface area contributed by atoms with Crippen LogP contribution >= 0.6 is 0 Å². The lowest BCUT2D eigenvalue weighted by Crippen LogP contribution is -2.65. The molecule has 0 aliphatic heterocycles. The van der Waals surface area contributed by atoms with Crippen LogP contribution in [0.15, 0.2) is 22.8 Å². The van der Waals surface area contributed by atoms with Crippen LogP contribution in [0.3, 0.4) is 0 Å². The Labute approximate surface area is 222 Å². The maximum Gasteiger partial charge on any atom is 0.331 e. The van der Waals surface area contributed by atoms with E-state index in [4.69, 9.17) is 4.74 Å². The fourth-order valence-corrected chi connectivity index (χ4v) is 9.79. The van der Waals surface area contributed by atoms with Crippen molar-refractivity contribution in [2.45, 2.75) is 118 Å². The lowest BCUT2D eigenvalue weighted by atomic mass is 9.36. The summed E-state index contributed by atoms with van der Waals surface area (Å²) < 4.78 is 5.87. The van der Waals surface area contributed by atoms with Gasteiger partial charge in [-0.3, -0.25) is 4.79 Å². The summed E-state index contributed by atoms with van der Waals surface area (Å²) in [7, 11) is 0. The number of carboxylic acids is 1. The van der Waals surface area contributed by atoms with Crippen molar-refractivity contribution < 1.29 is 29.6 Å². The summed E-state index contributed by atoms with van der Waals surface area (Å²) in [5.74, 6) is -0.909. The number of hydrogen-bond acceptors (Lipinski definition) is 5. The molecule has 3 N–H and O–H groups in total. The minimum absolute atomic E-state index is 0.0474. The number of ether oxygens (including phenoxy) is 1. The molecule has 6 heteroatoms. The van der Waals surface area contributed by atoms with Gasteiger partial charge in [0, 0.05) is 12.5 Å². The monoisotopic (exact) mass is 516 g/mol. The van der Waals surface area contributed by atoms with Gasteiger partial charge < -0.3 is 20.1 Å². The molecule has 0 aromatic heterocycles. The Balaban J connectivity index is 1.82. The smallest absolute Gasteiger partial charge is 0.331 e. The number of carbonyl (C=O) groups excluding carboxylic acids is 1. The van der Waals surface area contributed by atoms with Crippen LogP contribution in [0, 0.1) is 39.9 Å². The Morgan fingerprint density at radius 1 is 1.03 bits per heavy atom. The molecular formula is C31H48O6. The Kier molecular flexibility index (Phi) is 7.53. The Hall–Kier alpha value is -1.66. The third-order valence-electron chi connectivity index (χ3n) is 11.6. The molecule has 4 fully saturated rings. The fraction of sp³-hybridized carbons (Fsp3) is 0.806. The molecule has 208 valence electrons. The largest absolute Gasteiger partial charge is 0.478 e. The highest BCUT2D eigenvalue weighted by molar-refractivity contribution is 5.88. The number of rotatable bonds is 5. The first-order chi connectivity index (χ1) is 17.2. The van der Waals surface area contributed by atoms with E-state index < -0.39 is 24.1 Å². The van der Waals surface area contributed by atoms with Crippen LogP contribution in [0.2, 0.25) is 0 Å². The SMILES string of the molecule is CC(=O)O[C@H]1C[C@@]2(C)[C@@H](C[C@@H](O)[C@H]3[C@@]4(C)CC[C@H](O)[C@@H](C)[C@@H]4CC[C@@]32C)/C1=C(\CCC=C(C)C)C(=O)O. The van der Waals surface area contributed by atoms with Crippen LogP contribution in [0.5, 0.6) is 0 Å². The van der Waals surface area contributed by atoms with E-state index in [9.17, 15) is 24.9 Å². The van der Waals surface area contributed by atoms with Gasteiger partial charge in [-0.05, 0) is 111 Å². The van der Waals surface area contributed by atoms with E-state index in [0.29, 0.717) is 37.2 Å². The van der Waals surface area contributed by atoms with Crippen LogP contribution in [0.1, 0.15) is 99.8 Å². The van der Waals surface area contributed by atoms with E-state index in [2.05, 4.69) is 27.7 Å². The molecule has 0 amide bonds. The third-order valence-corrected chi connectivity index (χ3v) is 11.6. The first-order valence-corrected chi connectivity index (χ1v) is 14.3. The number of aliphatic carboxylic acids is 1. The van der Waals surface area contributed by atoms with Crippen molar-refractivity contribution in [2.75, 3.05) is 0 Å². The number of aliphatic hydroxyl groups excluding tert-OH is 2. The maximum atomic E-state index is 12.6. The van der Waals surface area contributed by atoms with E-state index >= 15 is 0 Å². The van der Waals surface area contributed by atoms with E-state index in [-0.39, 0.29) is 40.1 Å². The number of fused-ring (bicyclic) bond motifs is 5. The highest BCUT2D eigenvalue weighted by Gasteiger charge is 2.70. The van der Waals surface area contributed by atoms with Gasteiger partial charge in [-0.25, -0.2) is 4.79 Å². The average molecular weight is 517 g/mol. The summed E-state index contributed by atoms with van der Waals surface area (Å²) in [5, 5.41) is 32.9. The molecule has 4 saturated carbocycles. The van der Waals surface area contributed by atoms with Crippen LogP contribution in [-0.4, -0.2) is 45.6 Å². The van der Waals surface area contributed by atoms with Gasteiger partial charge in [-0.1, -0.05) is 39.3 Å². The molecule has 0 aromatic carbocycles. The number of esters is 1. The normalized spacial score (nSPS) is 46.2. The molecule has 0 aromatic rings. The number of aliphatic hydroxyl groups is 2. The predicted molar refractivity (Wildman–Crippen MR) is 143 cm³/mol. The van der Waals surface area contributed by atoms with Crippen molar-refractivity contribution in [3.05, 3.63) is 22.8 Å². The first-order valence-electron chi connectivity index (χ1n) is 14.3. The molecule has 0 heterocycles. The fourth-order valence-electron chi connectivity index (χ4n) is 9.79. The number of allylic oxidation sites excluding steroid dienone is 2. The quantitative estimate of drug-likeness (QED) is 0.247. The molecule has 0 unspecified atom stereocenters. The van der Waals surface area contributed by atoms with Crippen molar-refractivity contribution in [3.8, 4) is 0 Å². The molecule has 0 radical (unpaired) electrons. The average Bonchev–Trinajstić information content (AvgIpc) is 3.05. The first kappa shape index (κ1) is 28.4. The van der Waals surface area contributed by atoms with Crippen molar-refractivity contribution in [1.29, 1.82) is 0 Å². The van der Waals surface area contributed by atoms with Gasteiger partial charge in [-0.2, -0.15) is 0 Å². The van der Waals surface area contributed by atoms with Gasteiger partial charge in [0.2, 0.25) is 0 Å². The zero-order valence-electron chi connectivity index (χ0n) is 23.8. The Morgan fingerprint density at radius 3 is 2.30 bits per heavy atom. The van der Waals surface area contributed by atoms with E-state index in [0.717, 1.165) is 36.8 Å². The summed E-state index contributed by atoms with van der Waals surface area (Å²) in [6.07, 6.45) is 6.22. The molecule has 0 spiro atoms. The van der Waals surface area contributed by atoms with Crippen molar-refractivity contribution in [3.63, 3.8) is 0 Å². The van der Waals surface area contributed by atoms with Crippen LogP contribution in [-0.2, 0) is 14.3 Å². The van der Waals surface area contributed by atoms with E-state index in [1.807, 2.05) is 19.9 Å². The summed E-state index contributed by atoms with van der Waals surface area (Å²) in [6.45, 7) is 14.5. The van der Waals surface area contributed by atoms with E-state index in [1.165, 1.54) is 6.92 Å². The zero-order chi connectivity index (χ0) is 27.5. The zero-order valence-corrected chi connectivity index (χ0v) is 23.8. The number of carboxylic acid groups (broad SMARTS) is 1. The number of carbonyl (C=O) groups is 2. The second-order valence-electron chi connectivity index (χ2n) is 13.6. The second-order valence-corrected chi connectivity index (χ2v) is 13.6. The molecular weight excluding hydrogens is 468 g/mol. The van der Waals surface area contributed by atoms with Crippen molar-refractivity contribution >= 4 is 11.9 Å². The van der Waals surface area contributed by atoms with Gasteiger partial charge in [0.25, 0.3) is 0 Å². The number of hydrogen-bond donors (Lipinski definition) is 3. The molecule has 6 nitrogen and oxygen atoms in total. The lowest BCUT2D eigenvalue weighted by Gasteiger charge is -2.69. The second kappa shape index (κ2) is 9.82. The van der Waals surface area contributed by atoms with Gasteiger partial charge in [0.1, 0.15) is 6.10 Å². The molecule has 0 saturated heterocycles. The van der Waals surface area contributed by atoms with Crippen molar-refractivity contribution in [2.24, 2.45) is 39.9 Å².